The lowest BCUT2D eigenvalue weighted by Crippen LogP contribution is -2.49. The number of nitrogens with one attached hydrogen (secondary N) is 1. The molecule has 2 amide bonds. The molecular formula is C19H24N4O2. The van der Waals surface area contributed by atoms with E-state index in [1.165, 1.54) is 11.1 Å². The summed E-state index contributed by atoms with van der Waals surface area (Å²) in [4.78, 5) is 19.0. The molecule has 0 bridgehead atoms. The van der Waals surface area contributed by atoms with Gasteiger partial charge in [0.25, 0.3) is 0 Å². The van der Waals surface area contributed by atoms with Crippen LogP contribution in [0.25, 0.3) is 0 Å². The number of benzene rings is 1. The minimum absolute atomic E-state index is 0.0191. The number of aryl methyl sites for hydroxylation is 1. The molecule has 2 aliphatic rings. The van der Waals surface area contributed by atoms with E-state index in [0.29, 0.717) is 24.2 Å². The summed E-state index contributed by atoms with van der Waals surface area (Å²) in [7, 11) is 0. The van der Waals surface area contributed by atoms with Crippen molar-refractivity contribution in [3.63, 3.8) is 0 Å². The predicted octanol–water partition coefficient (Wildman–Crippen LogP) is 3.00. The van der Waals surface area contributed by atoms with Crippen molar-refractivity contribution in [2.24, 2.45) is 0 Å². The van der Waals surface area contributed by atoms with Crippen LogP contribution in [0.3, 0.4) is 0 Å². The van der Waals surface area contributed by atoms with Gasteiger partial charge in [-0.15, -0.1) is 0 Å². The summed E-state index contributed by atoms with van der Waals surface area (Å²) in [6.45, 7) is 5.43. The smallest absolute Gasteiger partial charge is 0.317 e. The number of rotatable bonds is 2. The van der Waals surface area contributed by atoms with Gasteiger partial charge in [-0.2, -0.15) is 4.98 Å². The molecule has 0 spiro atoms. The fourth-order valence-corrected chi connectivity index (χ4v) is 4.06. The Hall–Kier alpha value is -2.37. The Labute approximate surface area is 147 Å². The molecule has 1 N–H and O–H groups in total. The number of nitrogens with zero attached hydrogens (tertiary/aromatic N) is 3. The third-order valence-electron chi connectivity index (χ3n) is 5.50. The molecule has 2 aromatic rings. The SMILES string of the molecule is Cc1noc(C2CCCN(C(=O)N[C@@H]3Cc4ccccc4[C@@H]3C)C2)n1. The minimum atomic E-state index is 0.0191. The third kappa shape index (κ3) is 3.13. The van der Waals surface area contributed by atoms with Gasteiger partial charge >= 0.3 is 6.03 Å². The molecular weight excluding hydrogens is 316 g/mol. The average molecular weight is 340 g/mol. The van der Waals surface area contributed by atoms with E-state index in [-0.39, 0.29) is 18.0 Å². The Kier molecular flexibility index (Phi) is 4.19. The van der Waals surface area contributed by atoms with Crippen LogP contribution < -0.4 is 5.32 Å². The number of hydrogen-bond donors (Lipinski definition) is 1. The molecule has 3 atom stereocenters. The van der Waals surface area contributed by atoms with Crippen LogP contribution >= 0.6 is 0 Å². The van der Waals surface area contributed by atoms with Crippen molar-refractivity contribution in [3.8, 4) is 0 Å². The molecule has 0 radical (unpaired) electrons. The summed E-state index contributed by atoms with van der Waals surface area (Å²) < 4.78 is 5.31. The van der Waals surface area contributed by atoms with Crippen LogP contribution in [-0.4, -0.2) is 40.2 Å². The summed E-state index contributed by atoms with van der Waals surface area (Å²) in [5.74, 6) is 1.78. The lowest BCUT2D eigenvalue weighted by atomic mass is 9.98. The van der Waals surface area contributed by atoms with Gasteiger partial charge in [-0.25, -0.2) is 4.79 Å². The van der Waals surface area contributed by atoms with E-state index in [1.54, 1.807) is 0 Å². The first-order chi connectivity index (χ1) is 12.1. The second kappa shape index (κ2) is 6.50. The molecule has 6 nitrogen and oxygen atoms in total. The number of amides is 2. The Bertz CT molecular complexity index is 772. The number of aromatic nitrogens is 2. The van der Waals surface area contributed by atoms with Gasteiger partial charge in [0.15, 0.2) is 5.82 Å². The molecule has 1 saturated heterocycles. The Balaban J connectivity index is 1.40. The minimum Gasteiger partial charge on any atom is -0.339 e. The van der Waals surface area contributed by atoms with Crippen molar-refractivity contribution in [1.29, 1.82) is 0 Å². The molecule has 1 aromatic heterocycles. The van der Waals surface area contributed by atoms with E-state index < -0.39 is 0 Å². The van der Waals surface area contributed by atoms with Crippen molar-refractivity contribution in [1.82, 2.24) is 20.4 Å². The first-order valence-corrected chi connectivity index (χ1v) is 9.05. The number of hydrogen-bond acceptors (Lipinski definition) is 4. The van der Waals surface area contributed by atoms with Gasteiger partial charge in [0.1, 0.15) is 0 Å². The van der Waals surface area contributed by atoms with E-state index in [9.17, 15) is 4.79 Å². The molecule has 1 aliphatic carbocycles. The van der Waals surface area contributed by atoms with E-state index in [4.69, 9.17) is 4.52 Å². The number of piperidine rings is 1. The lowest BCUT2D eigenvalue weighted by Gasteiger charge is -2.32. The Morgan fingerprint density at radius 2 is 2.20 bits per heavy atom. The van der Waals surface area contributed by atoms with Crippen LogP contribution in [0.15, 0.2) is 28.8 Å². The molecule has 2 heterocycles. The highest BCUT2D eigenvalue weighted by atomic mass is 16.5. The standard InChI is InChI=1S/C19H24N4O2/c1-12-16-8-4-3-6-14(16)10-17(12)21-19(24)23-9-5-7-15(11-23)18-20-13(2)22-25-18/h3-4,6,8,12,15,17H,5,7,9-11H2,1-2H3,(H,21,24)/t12-,15?,17+/m0/s1. The Morgan fingerprint density at radius 3 is 2.96 bits per heavy atom. The maximum absolute atomic E-state index is 12.8. The molecule has 0 saturated carbocycles. The maximum atomic E-state index is 12.8. The zero-order valence-corrected chi connectivity index (χ0v) is 14.7. The summed E-state index contributed by atoms with van der Waals surface area (Å²) >= 11 is 0. The quantitative estimate of drug-likeness (QED) is 0.912. The van der Waals surface area contributed by atoms with Crippen LogP contribution in [0.1, 0.15) is 54.4 Å². The third-order valence-corrected chi connectivity index (χ3v) is 5.50. The highest BCUT2D eigenvalue weighted by Crippen LogP contribution is 2.33. The summed E-state index contributed by atoms with van der Waals surface area (Å²) in [5, 5.41) is 7.12. The Morgan fingerprint density at radius 1 is 1.36 bits per heavy atom. The van der Waals surface area contributed by atoms with Gasteiger partial charge in [-0.05, 0) is 37.3 Å². The highest BCUT2D eigenvalue weighted by Gasteiger charge is 2.33. The van der Waals surface area contributed by atoms with Gasteiger partial charge in [0, 0.05) is 25.0 Å². The van der Waals surface area contributed by atoms with Crippen molar-refractivity contribution < 1.29 is 9.32 Å². The van der Waals surface area contributed by atoms with E-state index in [0.717, 1.165) is 25.8 Å². The molecule has 25 heavy (non-hydrogen) atoms. The van der Waals surface area contributed by atoms with Crippen molar-refractivity contribution >= 4 is 6.03 Å². The van der Waals surface area contributed by atoms with Gasteiger partial charge in [-0.3, -0.25) is 0 Å². The number of fused-ring (bicyclic) bond motifs is 1. The van der Waals surface area contributed by atoms with E-state index >= 15 is 0 Å². The monoisotopic (exact) mass is 340 g/mol. The fourth-order valence-electron chi connectivity index (χ4n) is 4.06. The normalized spacial score (nSPS) is 25.7. The lowest BCUT2D eigenvalue weighted by molar-refractivity contribution is 0.168. The second-order valence-electron chi connectivity index (χ2n) is 7.21. The largest absolute Gasteiger partial charge is 0.339 e. The summed E-state index contributed by atoms with van der Waals surface area (Å²) in [6.07, 6.45) is 2.85. The predicted molar refractivity (Wildman–Crippen MR) is 93.5 cm³/mol. The van der Waals surface area contributed by atoms with Gasteiger partial charge in [0.05, 0.1) is 5.92 Å². The molecule has 1 fully saturated rings. The molecule has 132 valence electrons. The topological polar surface area (TPSA) is 71.3 Å². The molecule has 4 rings (SSSR count). The van der Waals surface area contributed by atoms with Gasteiger partial charge in [0.2, 0.25) is 5.89 Å². The second-order valence-corrected chi connectivity index (χ2v) is 7.21. The number of urea groups is 1. The maximum Gasteiger partial charge on any atom is 0.317 e. The first-order valence-electron chi connectivity index (χ1n) is 9.05. The van der Waals surface area contributed by atoms with Crippen LogP contribution in [0, 0.1) is 6.92 Å². The van der Waals surface area contributed by atoms with Gasteiger partial charge < -0.3 is 14.7 Å². The summed E-state index contributed by atoms with van der Waals surface area (Å²) in [5.41, 5.74) is 2.70. The highest BCUT2D eigenvalue weighted by molar-refractivity contribution is 5.75. The molecule has 6 heteroatoms. The van der Waals surface area contributed by atoms with Crippen molar-refractivity contribution in [2.45, 2.75) is 51.0 Å². The van der Waals surface area contributed by atoms with Crippen LogP contribution in [0.2, 0.25) is 0 Å². The van der Waals surface area contributed by atoms with E-state index in [1.807, 2.05) is 11.8 Å². The molecule has 1 aromatic carbocycles. The van der Waals surface area contributed by atoms with Crippen LogP contribution in [0.5, 0.6) is 0 Å². The first kappa shape index (κ1) is 16.1. The molecule has 1 aliphatic heterocycles. The zero-order valence-electron chi connectivity index (χ0n) is 14.7. The van der Waals surface area contributed by atoms with E-state index in [2.05, 4.69) is 46.6 Å². The van der Waals surface area contributed by atoms with Crippen LogP contribution in [0.4, 0.5) is 4.79 Å². The molecule has 1 unspecified atom stereocenters. The summed E-state index contributed by atoms with van der Waals surface area (Å²) in [6, 6.07) is 8.65. The zero-order chi connectivity index (χ0) is 17.4. The van der Waals surface area contributed by atoms with Crippen LogP contribution in [-0.2, 0) is 6.42 Å². The van der Waals surface area contributed by atoms with Crippen molar-refractivity contribution in [3.05, 3.63) is 47.1 Å². The van der Waals surface area contributed by atoms with Gasteiger partial charge in [-0.1, -0.05) is 36.3 Å². The number of carbonyl (C=O) groups is 1. The fraction of sp³-hybridized carbons (Fsp3) is 0.526. The average Bonchev–Trinajstić information content (AvgIpc) is 3.20. The van der Waals surface area contributed by atoms with Crippen molar-refractivity contribution in [2.75, 3.05) is 13.1 Å². The number of carbonyl (C=O) groups excluding carboxylic acids is 1. The number of likely N-dealkylation sites (tertiary alicyclic amines) is 1.